The number of nitrogens with one attached hydrogen (secondary N) is 1. The smallest absolute Gasteiger partial charge is 0.256 e. The van der Waals surface area contributed by atoms with Crippen molar-refractivity contribution in [3.63, 3.8) is 0 Å². The molecule has 0 amide bonds. The molecule has 0 aromatic carbocycles. The van der Waals surface area contributed by atoms with Crippen LogP contribution in [-0.2, 0) is 25.9 Å². The molecule has 5 rings (SSSR count). The van der Waals surface area contributed by atoms with Gasteiger partial charge in [-0.2, -0.15) is 0 Å². The fourth-order valence-corrected chi connectivity index (χ4v) is 5.38. The number of nitrogens with zero attached hydrogens (tertiary/aromatic N) is 4. The number of anilines is 1. The Kier molecular flexibility index (Phi) is 3.22. The zero-order valence-corrected chi connectivity index (χ0v) is 15.1. The molecule has 0 fully saturated rings. The molecule has 0 bridgehead atoms. The van der Waals surface area contributed by atoms with Crippen LogP contribution in [0.3, 0.4) is 0 Å². The maximum Gasteiger partial charge on any atom is 0.256 e. The van der Waals surface area contributed by atoms with Crippen molar-refractivity contribution in [2.45, 2.75) is 46.2 Å². The van der Waals surface area contributed by atoms with E-state index in [1.54, 1.807) is 17.7 Å². The maximum atomic E-state index is 12.2. The summed E-state index contributed by atoms with van der Waals surface area (Å²) in [6, 6.07) is 0. The molecule has 3 aromatic rings. The van der Waals surface area contributed by atoms with Gasteiger partial charge in [0.15, 0.2) is 0 Å². The molecule has 7 heteroatoms. The fraction of sp³-hybridized carbons (Fsp3) is 0.444. The number of aromatic nitrogens is 4. The SMILES string of the molecule is Cc1nc2c(c(=O)[nH]1)CN(c1ncnc3sc4c(c13)CCC(C)C4)C2. The van der Waals surface area contributed by atoms with E-state index in [4.69, 9.17) is 0 Å². The molecule has 6 nitrogen and oxygen atoms in total. The second-order valence-electron chi connectivity index (χ2n) is 7.16. The van der Waals surface area contributed by atoms with E-state index >= 15 is 0 Å². The number of H-pyrrole nitrogens is 1. The van der Waals surface area contributed by atoms with E-state index in [2.05, 4.69) is 31.8 Å². The third-order valence-corrected chi connectivity index (χ3v) is 6.44. The minimum Gasteiger partial charge on any atom is -0.345 e. The van der Waals surface area contributed by atoms with Crippen LogP contribution in [0, 0.1) is 12.8 Å². The predicted molar refractivity (Wildman–Crippen MR) is 98.1 cm³/mol. The van der Waals surface area contributed by atoms with Crippen LogP contribution in [0.5, 0.6) is 0 Å². The summed E-state index contributed by atoms with van der Waals surface area (Å²) >= 11 is 1.80. The molecule has 25 heavy (non-hydrogen) atoms. The molecule has 1 unspecified atom stereocenters. The van der Waals surface area contributed by atoms with Crippen molar-refractivity contribution in [2.24, 2.45) is 5.92 Å². The molecule has 4 heterocycles. The van der Waals surface area contributed by atoms with Crippen LogP contribution in [-0.4, -0.2) is 19.9 Å². The molecule has 0 radical (unpaired) electrons. The largest absolute Gasteiger partial charge is 0.345 e. The summed E-state index contributed by atoms with van der Waals surface area (Å²) < 4.78 is 0. The number of thiophene rings is 1. The topological polar surface area (TPSA) is 74.8 Å². The lowest BCUT2D eigenvalue weighted by Crippen LogP contribution is -2.19. The second-order valence-corrected chi connectivity index (χ2v) is 8.25. The van der Waals surface area contributed by atoms with Gasteiger partial charge in [0, 0.05) is 4.88 Å². The first kappa shape index (κ1) is 15.0. The first-order valence-electron chi connectivity index (χ1n) is 8.69. The van der Waals surface area contributed by atoms with Gasteiger partial charge in [0.25, 0.3) is 5.56 Å². The summed E-state index contributed by atoms with van der Waals surface area (Å²) in [5.74, 6) is 2.35. The van der Waals surface area contributed by atoms with Gasteiger partial charge in [-0.25, -0.2) is 15.0 Å². The van der Waals surface area contributed by atoms with Crippen molar-refractivity contribution in [3.8, 4) is 0 Å². The Morgan fingerprint density at radius 3 is 3.04 bits per heavy atom. The quantitative estimate of drug-likeness (QED) is 0.728. The summed E-state index contributed by atoms with van der Waals surface area (Å²) in [6.07, 6.45) is 5.09. The van der Waals surface area contributed by atoms with E-state index in [1.165, 1.54) is 22.2 Å². The van der Waals surface area contributed by atoms with Gasteiger partial charge in [-0.3, -0.25) is 4.79 Å². The Balaban J connectivity index is 1.63. The van der Waals surface area contributed by atoms with Crippen molar-refractivity contribution in [2.75, 3.05) is 4.90 Å². The van der Waals surface area contributed by atoms with Crippen LogP contribution >= 0.6 is 11.3 Å². The van der Waals surface area contributed by atoms with Crippen molar-refractivity contribution < 1.29 is 0 Å². The first-order chi connectivity index (χ1) is 12.1. The molecule has 1 aliphatic carbocycles. The summed E-state index contributed by atoms with van der Waals surface area (Å²) in [5.41, 5.74) is 3.01. The summed E-state index contributed by atoms with van der Waals surface area (Å²) in [6.45, 7) is 5.33. The predicted octanol–water partition coefficient (Wildman–Crippen LogP) is 2.73. The molecule has 3 aromatic heterocycles. The number of fused-ring (bicyclic) bond motifs is 4. The van der Waals surface area contributed by atoms with Gasteiger partial charge in [0.2, 0.25) is 0 Å². The molecular weight excluding hydrogens is 334 g/mol. The maximum absolute atomic E-state index is 12.2. The van der Waals surface area contributed by atoms with E-state index in [0.29, 0.717) is 18.9 Å². The van der Waals surface area contributed by atoms with Crippen LogP contribution in [0.2, 0.25) is 0 Å². The van der Waals surface area contributed by atoms with Crippen LogP contribution in [0.4, 0.5) is 5.82 Å². The van der Waals surface area contributed by atoms with E-state index < -0.39 is 0 Å². The van der Waals surface area contributed by atoms with E-state index in [0.717, 1.165) is 40.7 Å². The summed E-state index contributed by atoms with van der Waals surface area (Å²) in [4.78, 5) is 33.4. The van der Waals surface area contributed by atoms with Gasteiger partial charge in [0.05, 0.1) is 29.7 Å². The highest BCUT2D eigenvalue weighted by Gasteiger charge is 2.29. The lowest BCUT2D eigenvalue weighted by molar-refractivity contribution is 0.509. The van der Waals surface area contributed by atoms with Crippen molar-refractivity contribution >= 4 is 27.4 Å². The molecule has 0 saturated carbocycles. The van der Waals surface area contributed by atoms with Gasteiger partial charge >= 0.3 is 0 Å². The zero-order chi connectivity index (χ0) is 17.1. The highest BCUT2D eigenvalue weighted by Crippen LogP contribution is 2.41. The molecule has 128 valence electrons. The van der Waals surface area contributed by atoms with Gasteiger partial charge in [-0.1, -0.05) is 6.92 Å². The summed E-state index contributed by atoms with van der Waals surface area (Å²) in [5, 5.41) is 1.19. The molecular formula is C18H19N5OS. The number of hydrogen-bond acceptors (Lipinski definition) is 6. The lowest BCUT2D eigenvalue weighted by atomic mass is 9.89. The first-order valence-corrected chi connectivity index (χ1v) is 9.50. The van der Waals surface area contributed by atoms with Crippen LogP contribution in [0.1, 0.15) is 40.9 Å². The van der Waals surface area contributed by atoms with Crippen molar-refractivity contribution in [3.05, 3.63) is 44.2 Å². The van der Waals surface area contributed by atoms with E-state index in [-0.39, 0.29) is 5.56 Å². The Morgan fingerprint density at radius 2 is 2.16 bits per heavy atom. The van der Waals surface area contributed by atoms with Gasteiger partial charge in [-0.05, 0) is 37.7 Å². The Morgan fingerprint density at radius 1 is 1.28 bits per heavy atom. The Bertz CT molecular complexity index is 1050. The van der Waals surface area contributed by atoms with E-state index in [9.17, 15) is 4.79 Å². The standard InChI is InChI=1S/C18H19N5OS/c1-9-3-4-11-14(5-9)25-18-15(11)16(19-8-20-18)23-6-12-13(7-23)21-10(2)22-17(12)24/h8-9H,3-7H2,1-2H3,(H,21,22,24). The minimum atomic E-state index is -0.0310. The lowest BCUT2D eigenvalue weighted by Gasteiger charge is -2.20. The molecule has 0 spiro atoms. The van der Waals surface area contributed by atoms with Gasteiger partial charge in [-0.15, -0.1) is 11.3 Å². The van der Waals surface area contributed by atoms with E-state index in [1.807, 2.05) is 6.92 Å². The molecule has 1 aliphatic heterocycles. The highest BCUT2D eigenvalue weighted by molar-refractivity contribution is 7.19. The molecule has 1 N–H and O–H groups in total. The minimum absolute atomic E-state index is 0.0310. The van der Waals surface area contributed by atoms with Gasteiger partial charge in [0.1, 0.15) is 22.8 Å². The number of rotatable bonds is 1. The molecule has 0 saturated heterocycles. The monoisotopic (exact) mass is 353 g/mol. The van der Waals surface area contributed by atoms with Crippen LogP contribution in [0.25, 0.3) is 10.2 Å². The highest BCUT2D eigenvalue weighted by atomic mass is 32.1. The van der Waals surface area contributed by atoms with Crippen LogP contribution in [0.15, 0.2) is 11.1 Å². The second kappa shape index (κ2) is 5.36. The number of hydrogen-bond donors (Lipinski definition) is 1. The van der Waals surface area contributed by atoms with Crippen molar-refractivity contribution in [1.29, 1.82) is 0 Å². The van der Waals surface area contributed by atoms with Crippen molar-refractivity contribution in [1.82, 2.24) is 19.9 Å². The van der Waals surface area contributed by atoms with Crippen LogP contribution < -0.4 is 10.5 Å². The normalized spacial score (nSPS) is 19.3. The Hall–Kier alpha value is -2.28. The number of aromatic amines is 1. The molecule has 1 atom stereocenters. The third kappa shape index (κ3) is 2.29. The average Bonchev–Trinajstić information content (AvgIpc) is 3.15. The fourth-order valence-electron chi connectivity index (χ4n) is 4.04. The Labute approximate surface area is 149 Å². The molecule has 2 aliphatic rings. The summed E-state index contributed by atoms with van der Waals surface area (Å²) in [7, 11) is 0. The number of aryl methyl sites for hydroxylation is 2. The average molecular weight is 353 g/mol. The van der Waals surface area contributed by atoms with Gasteiger partial charge < -0.3 is 9.88 Å². The third-order valence-electron chi connectivity index (χ3n) is 5.28. The zero-order valence-electron chi connectivity index (χ0n) is 14.3.